The first-order valence-electron chi connectivity index (χ1n) is 24.1. The Morgan fingerprint density at radius 2 is 0.319 bits per heavy atom. The summed E-state index contributed by atoms with van der Waals surface area (Å²) in [4.78, 5) is 0. The zero-order valence-electron chi connectivity index (χ0n) is 41.5. The summed E-state index contributed by atoms with van der Waals surface area (Å²) in [5.74, 6) is -15.9. The molecule has 1 aliphatic rings. The minimum Gasteiger partial charge on any atom is -0.504 e. The van der Waals surface area contributed by atoms with Crippen molar-refractivity contribution in [1.29, 1.82) is 0 Å². The summed E-state index contributed by atoms with van der Waals surface area (Å²) in [6.07, 6.45) is 0. The molecule has 0 spiro atoms. The maximum absolute atomic E-state index is 11.9. The fraction of sp³-hybridized carbons (Fsp3) is 0.200. The number of phenolic OH excluding ortho intramolecular Hbond substituents is 12. The third kappa shape index (κ3) is 9.76. The molecule has 8 aromatic carbocycles. The first kappa shape index (κ1) is 54.3. The van der Waals surface area contributed by atoms with Crippen LogP contribution in [0.4, 0.5) is 0 Å². The highest BCUT2D eigenvalue weighted by Gasteiger charge is 2.39. The van der Waals surface area contributed by atoms with Gasteiger partial charge in [-0.25, -0.2) is 0 Å². The molecule has 12 heteroatoms. The Hall–Kier alpha value is -8.64. The van der Waals surface area contributed by atoms with E-state index >= 15 is 0 Å². The second-order valence-corrected chi connectivity index (χ2v) is 15.8. The van der Waals surface area contributed by atoms with Gasteiger partial charge in [0.15, 0.2) is 46.0 Å². The maximum Gasteiger partial charge on any atom is 0.200 e. The third-order valence-corrected chi connectivity index (χ3v) is 12.2. The molecule has 0 aliphatic heterocycles. The zero-order valence-corrected chi connectivity index (χ0v) is 41.5. The molecule has 0 saturated carbocycles. The van der Waals surface area contributed by atoms with Crippen LogP contribution in [0, 0.1) is 0 Å². The molecule has 0 amide bonds. The summed E-state index contributed by atoms with van der Waals surface area (Å²) < 4.78 is 0. The molecule has 0 radical (unpaired) electrons. The lowest BCUT2D eigenvalue weighted by Gasteiger charge is -2.30. The first-order chi connectivity index (χ1) is 34.8. The quantitative estimate of drug-likeness (QED) is 0.0737. The van der Waals surface area contributed by atoms with Gasteiger partial charge in [0.25, 0.3) is 0 Å². The van der Waals surface area contributed by atoms with Gasteiger partial charge < -0.3 is 61.3 Å². The molecule has 12 nitrogen and oxygen atoms in total. The van der Waals surface area contributed by atoms with Gasteiger partial charge in [0.2, 0.25) is 23.0 Å². The van der Waals surface area contributed by atoms with Gasteiger partial charge in [-0.15, -0.1) is 0 Å². The number of fused-ring (bicyclic) bond motifs is 8. The number of hydrogen-bond acceptors (Lipinski definition) is 12. The van der Waals surface area contributed by atoms with E-state index < -0.39 is 92.7 Å². The standard InChI is InChI=1S/C52H40O12.4C2H6/c53-41-29-21-31(43(55)49(41)61)38(26-15-7-2-8-16-26)33-23-35(47(59)51(63)45(33)57)40(28-19-11-4-12-20-28)36-24-34(46(58)52(64)48(36)60)39(27-17-9-3-10-18-27)32-22-30(42(54)50(62)44(32)56)37(29)25-13-5-1-6-14-25;4*1-2/h1-24,37-40,53-64H;4*1-2H3. The van der Waals surface area contributed by atoms with Gasteiger partial charge in [-0.1, -0.05) is 177 Å². The highest BCUT2D eigenvalue weighted by Crippen LogP contribution is 2.59. The highest BCUT2D eigenvalue weighted by molar-refractivity contribution is 5.74. The lowest BCUT2D eigenvalue weighted by atomic mass is 9.74. The van der Waals surface area contributed by atoms with Crippen LogP contribution in [0.1, 0.15) is 146 Å². The maximum atomic E-state index is 11.9. The molecular weight excluding hydrogens is 913 g/mol. The van der Waals surface area contributed by atoms with Crippen molar-refractivity contribution in [2.75, 3.05) is 0 Å². The molecule has 12 N–H and O–H groups in total. The molecule has 0 heterocycles. The average molecular weight is 977 g/mol. The Morgan fingerprint density at radius 3 is 0.444 bits per heavy atom. The molecule has 0 unspecified atom stereocenters. The minimum absolute atomic E-state index is 0.135. The summed E-state index contributed by atoms with van der Waals surface area (Å²) in [5.41, 5.74) is 0.419. The molecule has 0 fully saturated rings. The second kappa shape index (κ2) is 23.8. The van der Waals surface area contributed by atoms with Crippen LogP contribution in [0.15, 0.2) is 146 Å². The van der Waals surface area contributed by atoms with Crippen LogP contribution < -0.4 is 0 Å². The lowest BCUT2D eigenvalue weighted by Crippen LogP contribution is -2.13. The predicted octanol–water partition coefficient (Wildman–Crippen LogP) is 13.3. The van der Waals surface area contributed by atoms with Crippen molar-refractivity contribution in [2.24, 2.45) is 0 Å². The Kier molecular flexibility index (Phi) is 17.9. The third-order valence-electron chi connectivity index (χ3n) is 12.2. The fourth-order valence-corrected chi connectivity index (χ4v) is 9.21. The van der Waals surface area contributed by atoms with E-state index in [0.29, 0.717) is 22.3 Å². The first-order valence-corrected chi connectivity index (χ1v) is 24.1. The zero-order chi connectivity index (χ0) is 53.1. The number of hydrogen-bond donors (Lipinski definition) is 12. The number of benzene rings is 8. The molecule has 376 valence electrons. The van der Waals surface area contributed by atoms with Crippen molar-refractivity contribution in [3.8, 4) is 69.0 Å². The Labute approximate surface area is 420 Å². The van der Waals surface area contributed by atoms with E-state index in [4.69, 9.17) is 0 Å². The van der Waals surface area contributed by atoms with Crippen LogP contribution in [0.2, 0.25) is 0 Å². The average Bonchev–Trinajstić information content (AvgIpc) is 3.43. The van der Waals surface area contributed by atoms with Crippen molar-refractivity contribution < 1.29 is 61.3 Å². The van der Waals surface area contributed by atoms with Crippen molar-refractivity contribution in [2.45, 2.75) is 79.1 Å². The molecule has 8 aromatic rings. The van der Waals surface area contributed by atoms with Crippen LogP contribution in [-0.4, -0.2) is 61.3 Å². The number of phenols is 12. The van der Waals surface area contributed by atoms with Gasteiger partial charge in [0.1, 0.15) is 0 Å². The van der Waals surface area contributed by atoms with E-state index in [0.717, 1.165) is 0 Å². The summed E-state index contributed by atoms with van der Waals surface area (Å²) in [6.45, 7) is 16.0. The lowest BCUT2D eigenvalue weighted by molar-refractivity contribution is 0.353. The second-order valence-electron chi connectivity index (χ2n) is 15.8. The van der Waals surface area contributed by atoms with Crippen LogP contribution >= 0.6 is 0 Å². The summed E-state index contributed by atoms with van der Waals surface area (Å²) in [6, 6.07) is 38.8. The largest absolute Gasteiger partial charge is 0.504 e. The van der Waals surface area contributed by atoms with E-state index in [-0.39, 0.29) is 44.5 Å². The Bertz CT molecular complexity index is 2550. The van der Waals surface area contributed by atoms with Crippen molar-refractivity contribution >= 4 is 0 Å². The fourth-order valence-electron chi connectivity index (χ4n) is 9.21. The molecule has 0 saturated heterocycles. The van der Waals surface area contributed by atoms with Gasteiger partial charge in [-0.2, -0.15) is 0 Å². The summed E-state index contributed by atoms with van der Waals surface area (Å²) >= 11 is 0. The minimum atomic E-state index is -1.32. The van der Waals surface area contributed by atoms with Crippen molar-refractivity contribution in [3.05, 3.63) is 212 Å². The van der Waals surface area contributed by atoms with E-state index in [9.17, 15) is 61.3 Å². The molecule has 8 bridgehead atoms. The van der Waals surface area contributed by atoms with E-state index in [1.165, 1.54) is 24.3 Å². The van der Waals surface area contributed by atoms with Crippen molar-refractivity contribution in [1.82, 2.24) is 0 Å². The Morgan fingerprint density at radius 1 is 0.194 bits per heavy atom. The van der Waals surface area contributed by atoms with Crippen molar-refractivity contribution in [3.63, 3.8) is 0 Å². The molecule has 0 atom stereocenters. The van der Waals surface area contributed by atoms with E-state index in [2.05, 4.69) is 0 Å². The number of rotatable bonds is 4. The molecule has 1 aliphatic carbocycles. The van der Waals surface area contributed by atoms with E-state index in [1.807, 2.05) is 55.4 Å². The monoisotopic (exact) mass is 976 g/mol. The predicted molar refractivity (Wildman–Crippen MR) is 281 cm³/mol. The van der Waals surface area contributed by atoms with Crippen LogP contribution in [0.25, 0.3) is 0 Å². The summed E-state index contributed by atoms with van der Waals surface area (Å²) in [7, 11) is 0. The molecular formula is C60H64O12. The van der Waals surface area contributed by atoms with Gasteiger partial charge in [-0.3, -0.25) is 0 Å². The van der Waals surface area contributed by atoms with Crippen LogP contribution in [0.5, 0.6) is 69.0 Å². The SMILES string of the molecule is CC.CC.CC.CC.Oc1c2cc(c(O)c1O)C(c1ccccc1)c1cc(c(O)c(O)c1O)C(c1ccccc1)c1cc(c(O)c(O)c1O)C(c1ccccc1)c1cc(c(O)c(O)c1O)C2c1ccccc1. The summed E-state index contributed by atoms with van der Waals surface area (Å²) in [5, 5.41) is 142. The van der Waals surface area contributed by atoms with Gasteiger partial charge in [0, 0.05) is 68.2 Å². The van der Waals surface area contributed by atoms with E-state index in [1.54, 1.807) is 121 Å². The molecule has 0 aromatic heterocycles. The smallest absolute Gasteiger partial charge is 0.200 e. The normalized spacial score (nSPS) is 15.3. The van der Waals surface area contributed by atoms with Crippen LogP contribution in [-0.2, 0) is 0 Å². The number of aromatic hydroxyl groups is 12. The highest BCUT2D eigenvalue weighted by atomic mass is 16.3. The van der Waals surface area contributed by atoms with Crippen LogP contribution in [0.3, 0.4) is 0 Å². The molecule has 72 heavy (non-hydrogen) atoms. The van der Waals surface area contributed by atoms with Gasteiger partial charge >= 0.3 is 0 Å². The topological polar surface area (TPSA) is 243 Å². The van der Waals surface area contributed by atoms with Gasteiger partial charge in [-0.05, 0) is 46.5 Å². The molecule has 9 rings (SSSR count). The van der Waals surface area contributed by atoms with Gasteiger partial charge in [0.05, 0.1) is 0 Å². The Balaban J connectivity index is 0.00000115.